The third-order valence-corrected chi connectivity index (χ3v) is 4.79. The number of ether oxygens (including phenoxy) is 2. The number of para-hydroxylation sites is 1. The highest BCUT2D eigenvalue weighted by atomic mass is 35.5. The van der Waals surface area contributed by atoms with Crippen LogP contribution in [0.15, 0.2) is 66.7 Å². The molecule has 0 spiro atoms. The van der Waals surface area contributed by atoms with Crippen molar-refractivity contribution < 1.29 is 28.2 Å². The molecule has 7 nitrogen and oxygen atoms in total. The molecule has 2 N–H and O–H groups in total. The van der Waals surface area contributed by atoms with Crippen LogP contribution < -0.4 is 15.4 Å². The summed E-state index contributed by atoms with van der Waals surface area (Å²) in [5.74, 6) is -1.57. The fourth-order valence-corrected chi connectivity index (χ4v) is 3.14. The number of anilines is 1. The van der Waals surface area contributed by atoms with E-state index in [0.29, 0.717) is 16.8 Å². The van der Waals surface area contributed by atoms with Gasteiger partial charge in [0.05, 0.1) is 17.2 Å². The van der Waals surface area contributed by atoms with Crippen LogP contribution in [-0.4, -0.2) is 24.6 Å². The molecule has 0 atom stereocenters. The molecule has 0 heterocycles. The van der Waals surface area contributed by atoms with Crippen molar-refractivity contribution in [2.45, 2.75) is 13.5 Å². The number of nitrogens with one attached hydrogen (secondary N) is 2. The zero-order chi connectivity index (χ0) is 23.8. The van der Waals surface area contributed by atoms with E-state index < -0.39 is 17.9 Å². The van der Waals surface area contributed by atoms with Gasteiger partial charge in [-0.25, -0.2) is 9.18 Å². The van der Waals surface area contributed by atoms with Crippen LogP contribution in [0.3, 0.4) is 0 Å². The van der Waals surface area contributed by atoms with Crippen LogP contribution in [0.4, 0.5) is 14.9 Å². The summed E-state index contributed by atoms with van der Waals surface area (Å²) in [4.78, 5) is 36.4. The Morgan fingerprint density at radius 3 is 2.36 bits per heavy atom. The fraction of sp³-hybridized carbons (Fsp3) is 0.125. The topological polar surface area (TPSA) is 93.7 Å². The molecule has 0 aliphatic carbocycles. The van der Waals surface area contributed by atoms with E-state index in [1.54, 1.807) is 31.2 Å². The molecule has 0 radical (unpaired) electrons. The van der Waals surface area contributed by atoms with Gasteiger partial charge in [-0.3, -0.25) is 9.59 Å². The first-order valence-corrected chi connectivity index (χ1v) is 10.3. The summed E-state index contributed by atoms with van der Waals surface area (Å²) in [6.45, 7) is 1.95. The summed E-state index contributed by atoms with van der Waals surface area (Å²) in [6.07, 6.45) is -0.829. The number of benzene rings is 3. The molecular weight excluding hydrogens is 451 g/mol. The number of carbonyl (C=O) groups excluding carboxylic acids is 3. The molecule has 0 saturated heterocycles. The predicted molar refractivity (Wildman–Crippen MR) is 121 cm³/mol. The lowest BCUT2D eigenvalue weighted by molar-refractivity contribution is 0.0950. The fourth-order valence-electron chi connectivity index (χ4n) is 2.89. The maximum Gasteiger partial charge on any atom is 0.513 e. The molecule has 2 amide bonds. The second-order valence-corrected chi connectivity index (χ2v) is 7.11. The molecule has 0 aliphatic rings. The summed E-state index contributed by atoms with van der Waals surface area (Å²) < 4.78 is 23.7. The standard InChI is InChI=1S/C24H20ClFN2O5/c1-2-32-24(31)33-17-12-10-15(11-13-17)22(29)27-14-16-6-3-4-9-20(16)28-23(30)21-18(25)7-5-8-19(21)26/h3-13H,2,14H2,1H3,(H,27,29)(H,28,30). The largest absolute Gasteiger partial charge is 0.513 e. The van der Waals surface area contributed by atoms with Crippen molar-refractivity contribution in [3.05, 3.63) is 94.3 Å². The quantitative estimate of drug-likeness (QED) is 0.366. The smallest absolute Gasteiger partial charge is 0.434 e. The molecule has 0 fully saturated rings. The summed E-state index contributed by atoms with van der Waals surface area (Å²) in [5.41, 5.74) is 1.09. The van der Waals surface area contributed by atoms with E-state index >= 15 is 0 Å². The molecule has 3 aromatic rings. The highest BCUT2D eigenvalue weighted by Crippen LogP contribution is 2.22. The van der Waals surface area contributed by atoms with Gasteiger partial charge in [0, 0.05) is 17.8 Å². The normalized spacial score (nSPS) is 10.3. The molecule has 0 unspecified atom stereocenters. The van der Waals surface area contributed by atoms with Crippen LogP contribution in [0.25, 0.3) is 0 Å². The summed E-state index contributed by atoms with van der Waals surface area (Å²) in [5, 5.41) is 5.38. The monoisotopic (exact) mass is 470 g/mol. The van der Waals surface area contributed by atoms with Gasteiger partial charge in [-0.15, -0.1) is 0 Å². The SMILES string of the molecule is CCOC(=O)Oc1ccc(C(=O)NCc2ccccc2NC(=O)c2c(F)cccc2Cl)cc1. The van der Waals surface area contributed by atoms with Crippen LogP contribution in [0, 0.1) is 5.82 Å². The van der Waals surface area contributed by atoms with E-state index in [9.17, 15) is 18.8 Å². The first-order chi connectivity index (χ1) is 15.9. The Balaban J connectivity index is 1.65. The minimum absolute atomic E-state index is 0.00586. The number of halogens is 2. The van der Waals surface area contributed by atoms with E-state index in [4.69, 9.17) is 21.1 Å². The van der Waals surface area contributed by atoms with Gasteiger partial charge in [0.1, 0.15) is 11.6 Å². The van der Waals surface area contributed by atoms with Crippen molar-refractivity contribution in [1.29, 1.82) is 0 Å². The van der Waals surface area contributed by atoms with Gasteiger partial charge in [-0.1, -0.05) is 35.9 Å². The van der Waals surface area contributed by atoms with E-state index in [1.807, 2.05) is 0 Å². The number of carbonyl (C=O) groups is 3. The highest BCUT2D eigenvalue weighted by molar-refractivity contribution is 6.34. The summed E-state index contributed by atoms with van der Waals surface area (Å²) >= 11 is 5.96. The number of hydrogen-bond acceptors (Lipinski definition) is 5. The molecule has 0 aliphatic heterocycles. The van der Waals surface area contributed by atoms with E-state index in [-0.39, 0.29) is 35.4 Å². The number of rotatable bonds is 7. The van der Waals surface area contributed by atoms with Crippen LogP contribution >= 0.6 is 11.6 Å². The summed E-state index contributed by atoms with van der Waals surface area (Å²) in [7, 11) is 0. The zero-order valence-electron chi connectivity index (χ0n) is 17.6. The van der Waals surface area contributed by atoms with Gasteiger partial charge in [0.25, 0.3) is 11.8 Å². The number of hydrogen-bond donors (Lipinski definition) is 2. The lowest BCUT2D eigenvalue weighted by Gasteiger charge is -2.13. The van der Waals surface area contributed by atoms with Crippen molar-refractivity contribution in [1.82, 2.24) is 5.32 Å². The van der Waals surface area contributed by atoms with Gasteiger partial charge < -0.3 is 20.1 Å². The minimum atomic E-state index is -0.829. The van der Waals surface area contributed by atoms with Gasteiger partial charge in [0.15, 0.2) is 0 Å². The van der Waals surface area contributed by atoms with Crippen molar-refractivity contribution in [3.8, 4) is 5.75 Å². The molecule has 3 rings (SSSR count). The lowest BCUT2D eigenvalue weighted by atomic mass is 10.1. The third-order valence-electron chi connectivity index (χ3n) is 4.47. The average Bonchev–Trinajstić information content (AvgIpc) is 2.79. The Bertz CT molecular complexity index is 1150. The second-order valence-electron chi connectivity index (χ2n) is 6.70. The molecule has 0 bridgehead atoms. The molecule has 0 saturated carbocycles. The zero-order valence-corrected chi connectivity index (χ0v) is 18.3. The Hall–Kier alpha value is -3.91. The minimum Gasteiger partial charge on any atom is -0.434 e. The van der Waals surface area contributed by atoms with Crippen molar-refractivity contribution >= 4 is 35.3 Å². The van der Waals surface area contributed by atoms with E-state index in [1.165, 1.54) is 36.4 Å². The van der Waals surface area contributed by atoms with Crippen LogP contribution in [0.5, 0.6) is 5.75 Å². The van der Waals surface area contributed by atoms with Crippen LogP contribution in [0.2, 0.25) is 5.02 Å². The molecule has 3 aromatic carbocycles. The Morgan fingerprint density at radius 2 is 1.67 bits per heavy atom. The van der Waals surface area contributed by atoms with E-state index in [2.05, 4.69) is 10.6 Å². The molecule has 9 heteroatoms. The first kappa shape index (κ1) is 23.7. The Morgan fingerprint density at radius 1 is 0.939 bits per heavy atom. The van der Waals surface area contributed by atoms with Gasteiger partial charge in [0.2, 0.25) is 0 Å². The summed E-state index contributed by atoms with van der Waals surface area (Å²) in [6, 6.07) is 16.7. The van der Waals surface area contributed by atoms with Crippen LogP contribution in [-0.2, 0) is 11.3 Å². The average molecular weight is 471 g/mol. The molecule has 0 aromatic heterocycles. The van der Waals surface area contributed by atoms with Crippen molar-refractivity contribution in [2.75, 3.05) is 11.9 Å². The van der Waals surface area contributed by atoms with Gasteiger partial charge in [-0.05, 0) is 55.0 Å². The van der Waals surface area contributed by atoms with Gasteiger partial charge >= 0.3 is 6.16 Å². The Kier molecular flexibility index (Phi) is 7.99. The van der Waals surface area contributed by atoms with Crippen molar-refractivity contribution in [3.63, 3.8) is 0 Å². The second kappa shape index (κ2) is 11.1. The van der Waals surface area contributed by atoms with Gasteiger partial charge in [-0.2, -0.15) is 0 Å². The maximum absolute atomic E-state index is 14.0. The van der Waals surface area contributed by atoms with E-state index in [0.717, 1.165) is 6.07 Å². The van der Waals surface area contributed by atoms with Crippen LogP contribution in [0.1, 0.15) is 33.2 Å². The Labute approximate surface area is 194 Å². The highest BCUT2D eigenvalue weighted by Gasteiger charge is 2.17. The first-order valence-electron chi connectivity index (χ1n) is 9.95. The molecule has 33 heavy (non-hydrogen) atoms. The lowest BCUT2D eigenvalue weighted by Crippen LogP contribution is -2.24. The molecular formula is C24H20ClFN2O5. The third kappa shape index (κ3) is 6.30. The van der Waals surface area contributed by atoms with Crippen molar-refractivity contribution in [2.24, 2.45) is 0 Å². The maximum atomic E-state index is 14.0. The predicted octanol–water partition coefficient (Wildman–Crippen LogP) is 5.20. The number of amides is 2. The molecule has 170 valence electrons.